The molecule has 3 atom stereocenters. The lowest BCUT2D eigenvalue weighted by Crippen LogP contribution is -2.50. The van der Waals surface area contributed by atoms with Crippen molar-refractivity contribution >= 4 is 44.1 Å². The molecule has 0 radical (unpaired) electrons. The zero-order chi connectivity index (χ0) is 32.3. The molecule has 45 heavy (non-hydrogen) atoms. The average Bonchev–Trinajstić information content (AvgIpc) is 3.03. The van der Waals surface area contributed by atoms with Crippen molar-refractivity contribution in [1.82, 2.24) is 9.21 Å². The molecule has 3 amide bonds. The van der Waals surface area contributed by atoms with Crippen LogP contribution in [0.1, 0.15) is 29.8 Å². The van der Waals surface area contributed by atoms with Gasteiger partial charge in [-0.05, 0) is 55.6 Å². The molecule has 0 aromatic heterocycles. The minimum absolute atomic E-state index is 0.0276. The van der Waals surface area contributed by atoms with Gasteiger partial charge in [-0.2, -0.15) is 4.31 Å². The van der Waals surface area contributed by atoms with E-state index >= 15 is 0 Å². The van der Waals surface area contributed by atoms with Crippen LogP contribution in [0.5, 0.6) is 5.75 Å². The summed E-state index contributed by atoms with van der Waals surface area (Å²) in [6.07, 6.45) is -0.621. The molecule has 10 nitrogen and oxygen atoms in total. The molecule has 0 saturated heterocycles. The first-order valence-corrected chi connectivity index (χ1v) is 16.2. The predicted molar refractivity (Wildman–Crippen MR) is 175 cm³/mol. The van der Waals surface area contributed by atoms with E-state index in [4.69, 9.17) is 4.74 Å². The topological polar surface area (TPSA) is 128 Å². The van der Waals surface area contributed by atoms with E-state index in [2.05, 4.69) is 10.6 Å². The lowest BCUT2D eigenvalue weighted by molar-refractivity contribution is 0.0387. The number of carbonyl (C=O) groups is 2. The molecule has 11 heteroatoms. The maximum atomic E-state index is 13.8. The van der Waals surface area contributed by atoms with Gasteiger partial charge in [0.25, 0.3) is 5.91 Å². The van der Waals surface area contributed by atoms with E-state index in [-0.39, 0.29) is 47.7 Å². The number of amides is 3. The molecule has 0 spiro atoms. The quantitative estimate of drug-likeness (QED) is 0.241. The molecule has 4 aromatic rings. The number of benzene rings is 4. The van der Waals surface area contributed by atoms with Crippen molar-refractivity contribution in [3.63, 3.8) is 0 Å². The summed E-state index contributed by atoms with van der Waals surface area (Å²) in [6.45, 7) is 5.52. The summed E-state index contributed by atoms with van der Waals surface area (Å²) in [5, 5.41) is 17.5. The fourth-order valence-corrected chi connectivity index (χ4v) is 6.56. The van der Waals surface area contributed by atoms with Gasteiger partial charge in [0.05, 0.1) is 35.3 Å². The van der Waals surface area contributed by atoms with E-state index < -0.39 is 28.2 Å². The normalized spacial score (nSPS) is 17.6. The Kier molecular flexibility index (Phi) is 9.42. The number of carbonyl (C=O) groups excluding carboxylic acids is 2. The Morgan fingerprint density at radius 1 is 1.04 bits per heavy atom. The molecule has 4 aromatic carbocycles. The summed E-state index contributed by atoms with van der Waals surface area (Å²) in [5.41, 5.74) is 2.15. The molecule has 0 fully saturated rings. The van der Waals surface area contributed by atoms with E-state index in [1.165, 1.54) is 17.4 Å². The van der Waals surface area contributed by atoms with Gasteiger partial charge in [-0.3, -0.25) is 4.79 Å². The van der Waals surface area contributed by atoms with E-state index in [1.807, 2.05) is 56.3 Å². The summed E-state index contributed by atoms with van der Waals surface area (Å²) in [4.78, 5) is 28.6. The number of aliphatic hydroxyl groups excluding tert-OH is 1. The highest BCUT2D eigenvalue weighted by molar-refractivity contribution is 7.89. The Morgan fingerprint density at radius 2 is 1.76 bits per heavy atom. The van der Waals surface area contributed by atoms with Gasteiger partial charge in [0.1, 0.15) is 11.9 Å². The zero-order valence-corrected chi connectivity index (χ0v) is 26.5. The van der Waals surface area contributed by atoms with Crippen LogP contribution >= 0.6 is 0 Å². The third-order valence-electron chi connectivity index (χ3n) is 8.13. The van der Waals surface area contributed by atoms with Crippen LogP contribution in [0.3, 0.4) is 0 Å². The molecule has 1 aliphatic rings. The van der Waals surface area contributed by atoms with Crippen LogP contribution in [0, 0.1) is 12.8 Å². The Bertz CT molecular complexity index is 1810. The highest BCUT2D eigenvalue weighted by Crippen LogP contribution is 2.31. The number of aryl methyl sites for hydroxylation is 1. The number of nitrogens with zero attached hydrogens (tertiary/aromatic N) is 2. The Labute approximate surface area is 263 Å². The van der Waals surface area contributed by atoms with Gasteiger partial charge in [0.15, 0.2) is 0 Å². The maximum absolute atomic E-state index is 13.8. The van der Waals surface area contributed by atoms with Crippen molar-refractivity contribution in [1.29, 1.82) is 0 Å². The van der Waals surface area contributed by atoms with Crippen LogP contribution in [0.25, 0.3) is 10.8 Å². The molecule has 0 unspecified atom stereocenters. The highest BCUT2D eigenvalue weighted by atomic mass is 32.2. The highest BCUT2D eigenvalue weighted by Gasteiger charge is 2.35. The van der Waals surface area contributed by atoms with Crippen molar-refractivity contribution in [2.24, 2.45) is 5.92 Å². The minimum atomic E-state index is -3.80. The second-order valence-electron chi connectivity index (χ2n) is 11.5. The van der Waals surface area contributed by atoms with Gasteiger partial charge in [-0.1, -0.05) is 61.0 Å². The molecular weight excluding hydrogens is 592 g/mol. The smallest absolute Gasteiger partial charge is 0.323 e. The summed E-state index contributed by atoms with van der Waals surface area (Å²) in [5.74, 6) is -0.389. The largest absolute Gasteiger partial charge is 0.488 e. The molecule has 1 aliphatic heterocycles. The van der Waals surface area contributed by atoms with Gasteiger partial charge in [0, 0.05) is 30.6 Å². The van der Waals surface area contributed by atoms with Crippen LogP contribution < -0.4 is 15.4 Å². The van der Waals surface area contributed by atoms with Crippen LogP contribution in [0.2, 0.25) is 0 Å². The number of hydrogen-bond donors (Lipinski definition) is 3. The van der Waals surface area contributed by atoms with Gasteiger partial charge >= 0.3 is 6.03 Å². The van der Waals surface area contributed by atoms with Crippen LogP contribution in [-0.4, -0.2) is 73.6 Å². The van der Waals surface area contributed by atoms with Gasteiger partial charge in [-0.15, -0.1) is 0 Å². The number of aliphatic hydroxyl groups is 1. The number of rotatable bonds is 8. The molecule has 3 N–H and O–H groups in total. The average molecular weight is 631 g/mol. The predicted octanol–water partition coefficient (Wildman–Crippen LogP) is 5.33. The Morgan fingerprint density at radius 3 is 2.49 bits per heavy atom. The van der Waals surface area contributed by atoms with Crippen molar-refractivity contribution in [2.75, 3.05) is 37.4 Å². The van der Waals surface area contributed by atoms with Crippen LogP contribution in [0.15, 0.2) is 89.8 Å². The monoisotopic (exact) mass is 630 g/mol. The summed E-state index contributed by atoms with van der Waals surface area (Å²) in [7, 11) is -2.30. The standard InChI is InChI=1S/C34H38N4O6S/c1-22-12-15-27(16-13-22)45(42,43)37(4)20-32-23(2)19-38(24(3)21-39)33(40)29-18-26(14-17-31(29)44-32)35-34(41)36-30-11-7-9-25-8-5-6-10-28(25)30/h5-18,23-24,32,39H,19-21H2,1-4H3,(H2,35,36,41)/t23-,24+,32+/m1/s1. The number of ether oxygens (including phenoxy) is 1. The number of likely N-dealkylation sites (N-methyl/N-ethyl adjacent to an activating group) is 1. The van der Waals surface area contributed by atoms with E-state index in [9.17, 15) is 23.1 Å². The summed E-state index contributed by atoms with van der Waals surface area (Å²) in [6, 6.07) is 23.8. The SMILES string of the molecule is Cc1ccc(S(=O)(=O)N(C)C[C@@H]2Oc3ccc(NC(=O)Nc4cccc5ccccc45)cc3C(=O)N([C@@H](C)CO)C[C@H]2C)cc1. The number of anilines is 2. The fourth-order valence-electron chi connectivity index (χ4n) is 5.38. The molecule has 0 bridgehead atoms. The molecule has 0 saturated carbocycles. The molecule has 1 heterocycles. The van der Waals surface area contributed by atoms with Gasteiger partial charge < -0.3 is 25.4 Å². The van der Waals surface area contributed by atoms with Gasteiger partial charge in [0.2, 0.25) is 10.0 Å². The fraction of sp³-hybridized carbons (Fsp3) is 0.294. The number of hydrogen-bond acceptors (Lipinski definition) is 6. The number of nitrogens with one attached hydrogen (secondary N) is 2. The van der Waals surface area contributed by atoms with Gasteiger partial charge in [-0.25, -0.2) is 13.2 Å². The molecule has 236 valence electrons. The third-order valence-corrected chi connectivity index (χ3v) is 9.96. The van der Waals surface area contributed by atoms with Crippen LogP contribution in [0.4, 0.5) is 16.2 Å². The zero-order valence-electron chi connectivity index (χ0n) is 25.7. The van der Waals surface area contributed by atoms with Crippen LogP contribution in [-0.2, 0) is 10.0 Å². The van der Waals surface area contributed by atoms with Crippen molar-refractivity contribution in [3.05, 3.63) is 96.1 Å². The van der Waals surface area contributed by atoms with Crippen molar-refractivity contribution < 1.29 is 27.9 Å². The first-order chi connectivity index (χ1) is 21.5. The lowest BCUT2D eigenvalue weighted by atomic mass is 9.99. The molecule has 0 aliphatic carbocycles. The maximum Gasteiger partial charge on any atom is 0.323 e. The number of fused-ring (bicyclic) bond motifs is 2. The first kappa shape index (κ1) is 32.0. The second-order valence-corrected chi connectivity index (χ2v) is 13.6. The Hall–Kier alpha value is -4.45. The minimum Gasteiger partial charge on any atom is -0.488 e. The lowest BCUT2D eigenvalue weighted by Gasteiger charge is -2.38. The number of sulfonamides is 1. The molecular formula is C34H38N4O6S. The van der Waals surface area contributed by atoms with Crippen molar-refractivity contribution in [2.45, 2.75) is 37.8 Å². The summed E-state index contributed by atoms with van der Waals surface area (Å²) < 4.78 is 34.4. The second kappa shape index (κ2) is 13.3. The van der Waals surface area contributed by atoms with E-state index in [0.717, 1.165) is 16.3 Å². The third kappa shape index (κ3) is 6.95. The summed E-state index contributed by atoms with van der Waals surface area (Å²) >= 11 is 0. The first-order valence-electron chi connectivity index (χ1n) is 14.8. The van der Waals surface area contributed by atoms with E-state index in [0.29, 0.717) is 11.4 Å². The van der Waals surface area contributed by atoms with E-state index in [1.54, 1.807) is 48.2 Å². The number of urea groups is 1. The Balaban J connectivity index is 1.41. The molecule has 5 rings (SSSR count). The van der Waals surface area contributed by atoms with Crippen molar-refractivity contribution in [3.8, 4) is 5.75 Å².